The minimum atomic E-state index is -0.397. The fraction of sp³-hybridized carbons (Fsp3) is 0.333. The van der Waals surface area contributed by atoms with Crippen molar-refractivity contribution in [1.29, 1.82) is 0 Å². The van der Waals surface area contributed by atoms with E-state index in [1.165, 1.54) is 15.8 Å². The molecule has 24 heavy (non-hydrogen) atoms. The van der Waals surface area contributed by atoms with Crippen LogP contribution in [0, 0.1) is 0 Å². The summed E-state index contributed by atoms with van der Waals surface area (Å²) in [6.07, 6.45) is 4.69. The summed E-state index contributed by atoms with van der Waals surface area (Å²) in [6, 6.07) is 3.25. The minimum Gasteiger partial charge on any atom is -0.347 e. The number of carbonyl (C=O) groups excluding carboxylic acids is 2. The van der Waals surface area contributed by atoms with Crippen LogP contribution in [0.2, 0.25) is 0 Å². The Hall–Kier alpha value is -2.55. The highest BCUT2D eigenvalue weighted by atomic mass is 32.2. The highest BCUT2D eigenvalue weighted by Gasteiger charge is 2.09. The molecule has 0 saturated heterocycles. The highest BCUT2D eigenvalue weighted by Crippen LogP contribution is 2.16. The number of anilines is 2. The van der Waals surface area contributed by atoms with Crippen LogP contribution in [-0.2, 0) is 11.3 Å². The number of thioether (sulfide) groups is 1. The number of nitrogens with one attached hydrogen (secondary N) is 2. The van der Waals surface area contributed by atoms with E-state index in [9.17, 15) is 9.59 Å². The van der Waals surface area contributed by atoms with Gasteiger partial charge in [-0.25, -0.2) is 9.78 Å². The molecule has 0 saturated carbocycles. The Kier molecular flexibility index (Phi) is 6.19. The average molecular weight is 348 g/mol. The second kappa shape index (κ2) is 8.34. The van der Waals surface area contributed by atoms with Gasteiger partial charge in [0.1, 0.15) is 6.54 Å². The van der Waals surface area contributed by atoms with Gasteiger partial charge in [0.15, 0.2) is 0 Å². The van der Waals surface area contributed by atoms with Gasteiger partial charge in [-0.05, 0) is 17.9 Å². The van der Waals surface area contributed by atoms with Gasteiger partial charge in [-0.3, -0.25) is 9.48 Å². The largest absolute Gasteiger partial charge is 0.347 e. The third-order valence-electron chi connectivity index (χ3n) is 2.97. The molecule has 0 aliphatic carbocycles. The second-order valence-electron chi connectivity index (χ2n) is 5.11. The Balaban J connectivity index is 1.88. The quantitative estimate of drug-likeness (QED) is 0.780. The molecule has 3 amide bonds. The standard InChI is InChI=1S/C15H20N6O2S/c1-4-24-13-6-5-11(7-16-13)18-15(23)19-12-8-17-21(9-12)10-14(22)20(2)3/h5-9H,4,10H2,1-3H3,(H2,18,19,23). The summed E-state index contributed by atoms with van der Waals surface area (Å²) in [5.74, 6) is 0.867. The lowest BCUT2D eigenvalue weighted by Crippen LogP contribution is -2.26. The molecule has 0 radical (unpaired) electrons. The summed E-state index contributed by atoms with van der Waals surface area (Å²) in [5, 5.41) is 10.3. The van der Waals surface area contributed by atoms with E-state index in [4.69, 9.17) is 0 Å². The zero-order chi connectivity index (χ0) is 17.5. The van der Waals surface area contributed by atoms with Crippen LogP contribution in [0.3, 0.4) is 0 Å². The predicted octanol–water partition coefficient (Wildman–Crippen LogP) is 2.12. The number of urea groups is 1. The van der Waals surface area contributed by atoms with E-state index < -0.39 is 6.03 Å². The summed E-state index contributed by atoms with van der Waals surface area (Å²) in [5.41, 5.74) is 1.10. The van der Waals surface area contributed by atoms with Gasteiger partial charge in [-0.15, -0.1) is 11.8 Å². The van der Waals surface area contributed by atoms with Crippen molar-refractivity contribution >= 4 is 35.1 Å². The Morgan fingerprint density at radius 2 is 1.96 bits per heavy atom. The van der Waals surface area contributed by atoms with Crippen LogP contribution in [-0.4, -0.2) is 51.5 Å². The Bertz CT molecular complexity index is 698. The van der Waals surface area contributed by atoms with Crippen molar-refractivity contribution in [3.8, 4) is 0 Å². The first kappa shape index (κ1) is 17.8. The first-order valence-electron chi connectivity index (χ1n) is 7.37. The maximum absolute atomic E-state index is 12.0. The Morgan fingerprint density at radius 1 is 1.21 bits per heavy atom. The van der Waals surface area contributed by atoms with E-state index in [0.29, 0.717) is 11.4 Å². The van der Waals surface area contributed by atoms with Crippen molar-refractivity contribution < 1.29 is 9.59 Å². The van der Waals surface area contributed by atoms with E-state index in [0.717, 1.165) is 10.8 Å². The van der Waals surface area contributed by atoms with Gasteiger partial charge in [0.05, 0.1) is 28.8 Å². The fourth-order valence-electron chi connectivity index (χ4n) is 1.78. The minimum absolute atomic E-state index is 0.0785. The number of amides is 3. The van der Waals surface area contributed by atoms with E-state index in [1.54, 1.807) is 44.3 Å². The van der Waals surface area contributed by atoms with Crippen molar-refractivity contribution in [2.75, 3.05) is 30.5 Å². The monoisotopic (exact) mass is 348 g/mol. The maximum Gasteiger partial charge on any atom is 0.323 e. The van der Waals surface area contributed by atoms with E-state index in [1.807, 2.05) is 6.07 Å². The van der Waals surface area contributed by atoms with Gasteiger partial charge < -0.3 is 15.5 Å². The van der Waals surface area contributed by atoms with Crippen LogP contribution in [0.15, 0.2) is 35.7 Å². The van der Waals surface area contributed by atoms with Crippen molar-refractivity contribution in [1.82, 2.24) is 19.7 Å². The Labute approximate surface area is 144 Å². The maximum atomic E-state index is 12.0. The molecule has 2 N–H and O–H groups in total. The lowest BCUT2D eigenvalue weighted by Gasteiger charge is -2.09. The molecule has 0 spiro atoms. The molecule has 2 aromatic heterocycles. The van der Waals surface area contributed by atoms with Crippen molar-refractivity contribution in [3.63, 3.8) is 0 Å². The molecule has 8 nitrogen and oxygen atoms in total. The number of likely N-dealkylation sites (N-methyl/N-ethyl adjacent to an activating group) is 1. The molecular weight excluding hydrogens is 328 g/mol. The van der Waals surface area contributed by atoms with Gasteiger partial charge in [0.25, 0.3) is 0 Å². The SMILES string of the molecule is CCSc1ccc(NC(=O)Nc2cnn(CC(=O)N(C)C)c2)cn1. The Morgan fingerprint density at radius 3 is 2.58 bits per heavy atom. The molecule has 0 bridgehead atoms. The van der Waals surface area contributed by atoms with Gasteiger partial charge >= 0.3 is 6.03 Å². The molecule has 2 heterocycles. The lowest BCUT2D eigenvalue weighted by atomic mass is 10.4. The molecule has 0 aliphatic rings. The summed E-state index contributed by atoms with van der Waals surface area (Å²) < 4.78 is 1.47. The number of hydrogen-bond acceptors (Lipinski definition) is 5. The van der Waals surface area contributed by atoms with Crippen LogP contribution in [0.25, 0.3) is 0 Å². The van der Waals surface area contributed by atoms with Gasteiger partial charge in [-0.2, -0.15) is 5.10 Å². The van der Waals surface area contributed by atoms with E-state index >= 15 is 0 Å². The molecule has 0 unspecified atom stereocenters. The van der Waals surface area contributed by atoms with Crippen LogP contribution in [0.4, 0.5) is 16.2 Å². The molecule has 128 valence electrons. The van der Waals surface area contributed by atoms with Crippen LogP contribution in [0.1, 0.15) is 6.92 Å². The van der Waals surface area contributed by atoms with Crippen LogP contribution < -0.4 is 10.6 Å². The molecule has 2 rings (SSSR count). The summed E-state index contributed by atoms with van der Waals surface area (Å²) in [6.45, 7) is 2.18. The summed E-state index contributed by atoms with van der Waals surface area (Å²) in [7, 11) is 3.35. The van der Waals surface area contributed by atoms with E-state index in [2.05, 4.69) is 27.6 Å². The normalized spacial score (nSPS) is 10.3. The number of nitrogens with zero attached hydrogens (tertiary/aromatic N) is 4. The number of pyridine rings is 1. The van der Waals surface area contributed by atoms with Gasteiger partial charge in [0, 0.05) is 20.3 Å². The first-order chi connectivity index (χ1) is 11.5. The number of hydrogen-bond donors (Lipinski definition) is 2. The molecule has 0 aliphatic heterocycles. The number of carbonyl (C=O) groups is 2. The fourth-order valence-corrected chi connectivity index (χ4v) is 2.36. The van der Waals surface area contributed by atoms with Crippen LogP contribution >= 0.6 is 11.8 Å². The zero-order valence-electron chi connectivity index (χ0n) is 13.8. The summed E-state index contributed by atoms with van der Waals surface area (Å²) >= 11 is 1.63. The molecular formula is C15H20N6O2S. The van der Waals surface area contributed by atoms with Crippen LogP contribution in [0.5, 0.6) is 0 Å². The van der Waals surface area contributed by atoms with Crippen molar-refractivity contribution in [2.24, 2.45) is 0 Å². The smallest absolute Gasteiger partial charge is 0.323 e. The third-order valence-corrected chi connectivity index (χ3v) is 3.80. The highest BCUT2D eigenvalue weighted by molar-refractivity contribution is 7.99. The third kappa shape index (κ3) is 5.27. The molecule has 0 atom stereocenters. The topological polar surface area (TPSA) is 92.2 Å². The lowest BCUT2D eigenvalue weighted by molar-refractivity contribution is -0.129. The molecule has 0 fully saturated rings. The van der Waals surface area contributed by atoms with Gasteiger partial charge in [0.2, 0.25) is 5.91 Å². The predicted molar refractivity (Wildman–Crippen MR) is 94.2 cm³/mol. The first-order valence-corrected chi connectivity index (χ1v) is 8.36. The van der Waals surface area contributed by atoms with Gasteiger partial charge in [-0.1, -0.05) is 6.92 Å². The molecule has 0 aromatic carbocycles. The summed E-state index contributed by atoms with van der Waals surface area (Å²) in [4.78, 5) is 29.3. The van der Waals surface area contributed by atoms with Crippen molar-refractivity contribution in [2.45, 2.75) is 18.5 Å². The number of aromatic nitrogens is 3. The molecule has 2 aromatic rings. The van der Waals surface area contributed by atoms with Crippen molar-refractivity contribution in [3.05, 3.63) is 30.7 Å². The molecule has 9 heteroatoms. The second-order valence-corrected chi connectivity index (χ2v) is 6.40. The number of rotatable bonds is 6. The average Bonchev–Trinajstić information content (AvgIpc) is 2.96. The van der Waals surface area contributed by atoms with E-state index in [-0.39, 0.29) is 12.5 Å². The zero-order valence-corrected chi connectivity index (χ0v) is 14.6.